The van der Waals surface area contributed by atoms with E-state index in [1.807, 2.05) is 12.1 Å². The van der Waals surface area contributed by atoms with Gasteiger partial charge in [0, 0.05) is 0 Å². The third kappa shape index (κ3) is 5.15. The van der Waals surface area contributed by atoms with Gasteiger partial charge in [-0.1, -0.05) is 35.3 Å². The summed E-state index contributed by atoms with van der Waals surface area (Å²) in [6, 6.07) is 13.3. The van der Waals surface area contributed by atoms with Gasteiger partial charge in [0.15, 0.2) is 18.1 Å². The number of rotatable bonds is 6. The van der Waals surface area contributed by atoms with Crippen molar-refractivity contribution in [3.05, 3.63) is 57.6 Å². The summed E-state index contributed by atoms with van der Waals surface area (Å²) in [7, 11) is 1.44. The number of nitriles is 2. The van der Waals surface area contributed by atoms with Crippen LogP contribution in [-0.4, -0.2) is 19.6 Å². The summed E-state index contributed by atoms with van der Waals surface area (Å²) in [5, 5.41) is 21.0. The van der Waals surface area contributed by atoms with Crippen molar-refractivity contribution < 1.29 is 14.3 Å². The maximum Gasteiger partial charge on any atom is 0.266 e. The number of nitrogens with zero attached hydrogens (tertiary/aromatic N) is 2. The number of benzene rings is 2. The number of halogens is 2. The SMILES string of the molecule is COc1cc(/C=C(\C#N)C(=O)Nc2c(Cl)cccc2Cl)ccc1OCC#N. The Hall–Kier alpha value is -3.19. The molecule has 2 rings (SSSR count). The molecule has 0 aromatic heterocycles. The van der Waals surface area contributed by atoms with Crippen molar-refractivity contribution in [2.24, 2.45) is 0 Å². The Kier molecular flexibility index (Phi) is 7.08. The molecule has 0 bridgehead atoms. The van der Waals surface area contributed by atoms with Gasteiger partial charge < -0.3 is 14.8 Å². The first-order valence-corrected chi connectivity index (χ1v) is 8.30. The van der Waals surface area contributed by atoms with Gasteiger partial charge in [-0.15, -0.1) is 0 Å². The fourth-order valence-corrected chi connectivity index (χ4v) is 2.61. The summed E-state index contributed by atoms with van der Waals surface area (Å²) in [5.74, 6) is 0.0872. The van der Waals surface area contributed by atoms with Crippen molar-refractivity contribution in [1.29, 1.82) is 10.5 Å². The number of hydrogen-bond acceptors (Lipinski definition) is 5. The molecule has 0 radical (unpaired) electrons. The van der Waals surface area contributed by atoms with Gasteiger partial charge in [-0.3, -0.25) is 4.79 Å². The van der Waals surface area contributed by atoms with E-state index in [0.29, 0.717) is 17.1 Å². The molecule has 1 N–H and O–H groups in total. The van der Waals surface area contributed by atoms with Gasteiger partial charge in [0.05, 0.1) is 22.8 Å². The van der Waals surface area contributed by atoms with Crippen LogP contribution in [-0.2, 0) is 4.79 Å². The summed E-state index contributed by atoms with van der Waals surface area (Å²) in [5.41, 5.74) is 0.608. The molecule has 0 saturated heterocycles. The van der Waals surface area contributed by atoms with Crippen LogP contribution in [0.25, 0.3) is 6.08 Å². The molecule has 1 amide bonds. The topological polar surface area (TPSA) is 95.1 Å². The van der Waals surface area contributed by atoms with Crippen LogP contribution in [0.3, 0.4) is 0 Å². The molecule has 0 heterocycles. The summed E-state index contributed by atoms with van der Waals surface area (Å²) < 4.78 is 10.4. The van der Waals surface area contributed by atoms with E-state index in [1.165, 1.54) is 13.2 Å². The molecular weight excluding hydrogens is 389 g/mol. The zero-order valence-electron chi connectivity index (χ0n) is 14.1. The molecule has 0 aliphatic rings. The third-order valence-electron chi connectivity index (χ3n) is 3.36. The maximum atomic E-state index is 12.4. The van der Waals surface area contributed by atoms with Crippen LogP contribution >= 0.6 is 23.2 Å². The van der Waals surface area contributed by atoms with Crippen molar-refractivity contribution in [3.63, 3.8) is 0 Å². The van der Waals surface area contributed by atoms with Crippen LogP contribution in [0.2, 0.25) is 10.0 Å². The number of amides is 1. The number of anilines is 1. The van der Waals surface area contributed by atoms with Gasteiger partial charge in [-0.25, -0.2) is 0 Å². The fourth-order valence-electron chi connectivity index (χ4n) is 2.12. The zero-order valence-corrected chi connectivity index (χ0v) is 15.6. The molecule has 0 fully saturated rings. The van der Waals surface area contributed by atoms with Crippen LogP contribution in [0.1, 0.15) is 5.56 Å². The molecule has 0 saturated carbocycles. The van der Waals surface area contributed by atoms with E-state index in [0.717, 1.165) is 0 Å². The van der Waals surface area contributed by atoms with Gasteiger partial charge in [-0.2, -0.15) is 10.5 Å². The third-order valence-corrected chi connectivity index (χ3v) is 3.99. The molecule has 0 atom stereocenters. The standard InChI is InChI=1S/C19H13Cl2N3O3/c1-26-17-10-12(5-6-16(17)27-8-7-22)9-13(11-23)19(25)24-18-14(20)3-2-4-15(18)21/h2-6,9-10H,8H2,1H3,(H,24,25)/b13-9+. The quantitative estimate of drug-likeness (QED) is 0.569. The predicted molar refractivity (Wildman–Crippen MR) is 103 cm³/mol. The molecule has 0 spiro atoms. The number of hydrogen-bond donors (Lipinski definition) is 1. The van der Waals surface area contributed by atoms with E-state index in [4.69, 9.17) is 37.9 Å². The van der Waals surface area contributed by atoms with Crippen LogP contribution in [0.5, 0.6) is 11.5 Å². The summed E-state index contributed by atoms with van der Waals surface area (Å²) >= 11 is 12.1. The second-order valence-corrected chi connectivity index (χ2v) is 5.89. The second-order valence-electron chi connectivity index (χ2n) is 5.08. The Labute approximate surface area is 166 Å². The Morgan fingerprint density at radius 1 is 1.19 bits per heavy atom. The number of ether oxygens (including phenoxy) is 2. The van der Waals surface area contributed by atoms with E-state index in [1.54, 1.807) is 36.4 Å². The number of methoxy groups -OCH3 is 1. The maximum absolute atomic E-state index is 12.4. The number of carbonyl (C=O) groups excluding carboxylic acids is 1. The lowest BCUT2D eigenvalue weighted by molar-refractivity contribution is -0.112. The first-order valence-electron chi connectivity index (χ1n) is 7.55. The monoisotopic (exact) mass is 401 g/mol. The Balaban J connectivity index is 2.29. The molecule has 27 heavy (non-hydrogen) atoms. The van der Waals surface area contributed by atoms with E-state index in [-0.39, 0.29) is 27.9 Å². The van der Waals surface area contributed by atoms with E-state index in [9.17, 15) is 10.1 Å². The Morgan fingerprint density at radius 2 is 1.89 bits per heavy atom. The molecule has 0 aliphatic carbocycles. The largest absolute Gasteiger partial charge is 0.493 e. The van der Waals surface area contributed by atoms with Crippen LogP contribution in [0, 0.1) is 22.7 Å². The highest BCUT2D eigenvalue weighted by atomic mass is 35.5. The molecule has 0 aliphatic heterocycles. The second kappa shape index (κ2) is 9.49. The number of nitrogens with one attached hydrogen (secondary N) is 1. The highest BCUT2D eigenvalue weighted by molar-refractivity contribution is 6.40. The van der Waals surface area contributed by atoms with Crippen molar-refractivity contribution >= 4 is 40.9 Å². The number of para-hydroxylation sites is 1. The fraction of sp³-hybridized carbons (Fsp3) is 0.105. The molecule has 2 aromatic rings. The minimum absolute atomic E-state index is 0.129. The van der Waals surface area contributed by atoms with Gasteiger partial charge in [0.1, 0.15) is 17.7 Å². The molecule has 0 unspecified atom stereocenters. The van der Waals surface area contributed by atoms with Gasteiger partial charge in [0.25, 0.3) is 5.91 Å². The van der Waals surface area contributed by atoms with Gasteiger partial charge in [0.2, 0.25) is 0 Å². The van der Waals surface area contributed by atoms with Crippen molar-refractivity contribution in [2.45, 2.75) is 0 Å². The first-order chi connectivity index (χ1) is 13.0. The minimum atomic E-state index is -0.656. The molecule has 136 valence electrons. The van der Waals surface area contributed by atoms with Crippen molar-refractivity contribution in [2.75, 3.05) is 19.0 Å². The van der Waals surface area contributed by atoms with E-state index < -0.39 is 5.91 Å². The van der Waals surface area contributed by atoms with Gasteiger partial charge >= 0.3 is 0 Å². The first kappa shape index (κ1) is 20.1. The molecule has 8 heteroatoms. The number of carbonyl (C=O) groups is 1. The molecule has 2 aromatic carbocycles. The van der Waals surface area contributed by atoms with E-state index >= 15 is 0 Å². The van der Waals surface area contributed by atoms with Crippen LogP contribution in [0.4, 0.5) is 5.69 Å². The Bertz CT molecular complexity index is 955. The smallest absolute Gasteiger partial charge is 0.266 e. The van der Waals surface area contributed by atoms with E-state index in [2.05, 4.69) is 5.32 Å². The highest BCUT2D eigenvalue weighted by Crippen LogP contribution is 2.31. The normalized spacial score (nSPS) is 10.5. The average Bonchev–Trinajstić information content (AvgIpc) is 2.67. The average molecular weight is 402 g/mol. The summed E-state index contributed by atoms with van der Waals surface area (Å²) in [6.07, 6.45) is 1.39. The van der Waals surface area contributed by atoms with Gasteiger partial charge in [-0.05, 0) is 35.9 Å². The lowest BCUT2D eigenvalue weighted by atomic mass is 10.1. The van der Waals surface area contributed by atoms with Crippen LogP contribution in [0.15, 0.2) is 42.0 Å². The van der Waals surface area contributed by atoms with Crippen LogP contribution < -0.4 is 14.8 Å². The van der Waals surface area contributed by atoms with Crippen molar-refractivity contribution in [3.8, 4) is 23.6 Å². The Morgan fingerprint density at radius 3 is 2.48 bits per heavy atom. The minimum Gasteiger partial charge on any atom is -0.493 e. The summed E-state index contributed by atoms with van der Waals surface area (Å²) in [4.78, 5) is 12.4. The lowest BCUT2D eigenvalue weighted by Gasteiger charge is -2.10. The molecular formula is C19H13Cl2N3O3. The zero-order chi connectivity index (χ0) is 19.8. The highest BCUT2D eigenvalue weighted by Gasteiger charge is 2.14. The molecule has 6 nitrogen and oxygen atoms in total. The summed E-state index contributed by atoms with van der Waals surface area (Å²) in [6.45, 7) is -0.129. The lowest BCUT2D eigenvalue weighted by Crippen LogP contribution is -2.14. The predicted octanol–water partition coefficient (Wildman–Crippen LogP) is 4.45. The van der Waals surface area contributed by atoms with Crippen molar-refractivity contribution in [1.82, 2.24) is 0 Å².